The fourth-order valence-corrected chi connectivity index (χ4v) is 2.00. The summed E-state index contributed by atoms with van der Waals surface area (Å²) < 4.78 is 1.63. The summed E-state index contributed by atoms with van der Waals surface area (Å²) in [6.07, 6.45) is 1.22. The number of hydrogen-bond donors (Lipinski definition) is 1. The van der Waals surface area contributed by atoms with E-state index < -0.39 is 0 Å². The van der Waals surface area contributed by atoms with E-state index in [9.17, 15) is 9.59 Å². The van der Waals surface area contributed by atoms with Crippen molar-refractivity contribution in [3.63, 3.8) is 0 Å². The van der Waals surface area contributed by atoms with Crippen LogP contribution in [0.25, 0.3) is 5.52 Å². The number of Topliss-reactive ketones (excluding diaryl/α,β-unsaturated/α-hetero) is 1. The largest absolute Gasteiger partial charge is 0.311 e. The lowest BCUT2D eigenvalue weighted by Gasteiger charge is -2.08. The van der Waals surface area contributed by atoms with Crippen molar-refractivity contribution in [2.24, 2.45) is 0 Å². The number of nitrogens with one attached hydrogen (secondary N) is 1. The molecule has 19 heavy (non-hydrogen) atoms. The van der Waals surface area contributed by atoms with Gasteiger partial charge in [0.25, 0.3) is 0 Å². The van der Waals surface area contributed by atoms with E-state index in [0.717, 1.165) is 17.6 Å². The molecule has 2 rings (SSSR count). The van der Waals surface area contributed by atoms with Crippen LogP contribution in [0.4, 0.5) is 5.82 Å². The van der Waals surface area contributed by atoms with Crippen LogP contribution in [0, 0.1) is 0 Å². The Hall–Kier alpha value is -2.17. The first-order valence-electron chi connectivity index (χ1n) is 6.39. The maximum atomic E-state index is 11.9. The molecule has 1 amide bonds. The first-order valence-corrected chi connectivity index (χ1v) is 6.39. The SMILES string of the molecule is CCC(=O)c1ccc(NC(C)=O)n2nc(CC)cc12. The molecular weight excluding hydrogens is 242 g/mol. The number of rotatable bonds is 4. The second-order valence-corrected chi connectivity index (χ2v) is 4.38. The molecule has 0 aliphatic carbocycles. The molecule has 0 fully saturated rings. The van der Waals surface area contributed by atoms with Gasteiger partial charge in [-0.05, 0) is 24.6 Å². The molecule has 0 spiro atoms. The summed E-state index contributed by atoms with van der Waals surface area (Å²) in [4.78, 5) is 23.1. The molecule has 0 saturated carbocycles. The second-order valence-electron chi connectivity index (χ2n) is 4.38. The van der Waals surface area contributed by atoms with E-state index in [1.54, 1.807) is 16.6 Å². The van der Waals surface area contributed by atoms with Gasteiger partial charge in [-0.2, -0.15) is 5.10 Å². The molecule has 0 saturated heterocycles. The predicted molar refractivity (Wildman–Crippen MR) is 73.5 cm³/mol. The molecule has 2 aromatic heterocycles. The van der Waals surface area contributed by atoms with Crippen molar-refractivity contribution in [2.75, 3.05) is 5.32 Å². The standard InChI is InChI=1S/C14H17N3O2/c1-4-10-8-12-11(13(19)5-2)6-7-14(15-9(3)18)17(12)16-10/h6-8H,4-5H2,1-3H3,(H,15,18). The average Bonchev–Trinajstić information content (AvgIpc) is 2.82. The summed E-state index contributed by atoms with van der Waals surface area (Å²) in [7, 11) is 0. The van der Waals surface area contributed by atoms with Crippen LogP contribution in [-0.4, -0.2) is 21.3 Å². The Balaban J connectivity index is 2.65. The minimum atomic E-state index is -0.163. The first-order chi connectivity index (χ1) is 9.06. The molecule has 0 aromatic carbocycles. The Labute approximate surface area is 111 Å². The molecule has 2 heterocycles. The van der Waals surface area contributed by atoms with Crippen LogP contribution in [-0.2, 0) is 11.2 Å². The third-order valence-corrected chi connectivity index (χ3v) is 2.96. The molecule has 0 radical (unpaired) electrons. The highest BCUT2D eigenvalue weighted by atomic mass is 16.1. The third kappa shape index (κ3) is 2.50. The topological polar surface area (TPSA) is 63.5 Å². The van der Waals surface area contributed by atoms with Crippen LogP contribution >= 0.6 is 0 Å². The highest BCUT2D eigenvalue weighted by Crippen LogP contribution is 2.20. The van der Waals surface area contributed by atoms with Crippen molar-refractivity contribution < 1.29 is 9.59 Å². The molecule has 2 aromatic rings. The fourth-order valence-electron chi connectivity index (χ4n) is 2.00. The zero-order chi connectivity index (χ0) is 14.0. The van der Waals surface area contributed by atoms with Crippen molar-refractivity contribution in [3.8, 4) is 0 Å². The van der Waals surface area contributed by atoms with Crippen molar-refractivity contribution >= 4 is 23.0 Å². The van der Waals surface area contributed by atoms with Gasteiger partial charge in [-0.15, -0.1) is 0 Å². The van der Waals surface area contributed by atoms with Gasteiger partial charge >= 0.3 is 0 Å². The number of aryl methyl sites for hydroxylation is 1. The quantitative estimate of drug-likeness (QED) is 0.858. The van der Waals surface area contributed by atoms with E-state index in [-0.39, 0.29) is 11.7 Å². The molecule has 100 valence electrons. The minimum absolute atomic E-state index is 0.0712. The van der Waals surface area contributed by atoms with Crippen molar-refractivity contribution in [1.82, 2.24) is 9.61 Å². The maximum Gasteiger partial charge on any atom is 0.222 e. The first kappa shape index (κ1) is 13.3. The van der Waals surface area contributed by atoms with Crippen molar-refractivity contribution in [2.45, 2.75) is 33.6 Å². The Morgan fingerprint density at radius 3 is 2.63 bits per heavy atom. The molecule has 0 aliphatic rings. The van der Waals surface area contributed by atoms with Gasteiger partial charge in [0.2, 0.25) is 5.91 Å². The lowest BCUT2D eigenvalue weighted by molar-refractivity contribution is -0.114. The number of amides is 1. The molecule has 5 heteroatoms. The number of carbonyl (C=O) groups is 2. The van der Waals surface area contributed by atoms with Crippen LogP contribution in [0.5, 0.6) is 0 Å². The predicted octanol–water partition coefficient (Wildman–Crippen LogP) is 2.45. The number of anilines is 1. The van der Waals surface area contributed by atoms with Crippen LogP contribution in [0.1, 0.15) is 43.2 Å². The normalized spacial score (nSPS) is 10.7. The summed E-state index contributed by atoms with van der Waals surface area (Å²) in [6.45, 7) is 5.28. The lowest BCUT2D eigenvalue weighted by Crippen LogP contribution is -2.11. The third-order valence-electron chi connectivity index (χ3n) is 2.96. The second kappa shape index (κ2) is 5.22. The van der Waals surface area contributed by atoms with E-state index in [4.69, 9.17) is 0 Å². The van der Waals surface area contributed by atoms with Crippen LogP contribution in [0.3, 0.4) is 0 Å². The van der Waals surface area contributed by atoms with Gasteiger partial charge < -0.3 is 5.32 Å². The molecule has 0 atom stereocenters. The number of aromatic nitrogens is 2. The van der Waals surface area contributed by atoms with Gasteiger partial charge in [0.05, 0.1) is 11.2 Å². The molecule has 5 nitrogen and oxygen atoms in total. The fraction of sp³-hybridized carbons (Fsp3) is 0.357. The number of hydrogen-bond acceptors (Lipinski definition) is 3. The van der Waals surface area contributed by atoms with E-state index in [1.165, 1.54) is 6.92 Å². The Kier molecular flexibility index (Phi) is 3.64. The number of fused-ring (bicyclic) bond motifs is 1. The Morgan fingerprint density at radius 2 is 2.05 bits per heavy atom. The molecule has 0 unspecified atom stereocenters. The smallest absolute Gasteiger partial charge is 0.222 e. The Morgan fingerprint density at radius 1 is 1.32 bits per heavy atom. The maximum absolute atomic E-state index is 11.9. The van der Waals surface area contributed by atoms with E-state index in [1.807, 2.05) is 19.9 Å². The molecular formula is C14H17N3O2. The van der Waals surface area contributed by atoms with Crippen molar-refractivity contribution in [1.29, 1.82) is 0 Å². The van der Waals surface area contributed by atoms with Gasteiger partial charge in [0.1, 0.15) is 5.82 Å². The molecule has 0 aliphatic heterocycles. The van der Waals surface area contributed by atoms with Gasteiger partial charge in [-0.3, -0.25) is 9.59 Å². The highest BCUT2D eigenvalue weighted by molar-refractivity contribution is 6.03. The number of ketones is 1. The Bertz CT molecular complexity index is 643. The van der Waals surface area contributed by atoms with E-state index in [0.29, 0.717) is 17.8 Å². The van der Waals surface area contributed by atoms with Crippen LogP contribution in [0.2, 0.25) is 0 Å². The molecule has 1 N–H and O–H groups in total. The minimum Gasteiger partial charge on any atom is -0.311 e. The van der Waals surface area contributed by atoms with Crippen LogP contribution in [0.15, 0.2) is 18.2 Å². The number of pyridine rings is 1. The number of carbonyl (C=O) groups excluding carboxylic acids is 2. The summed E-state index contributed by atoms with van der Waals surface area (Å²) in [6, 6.07) is 5.35. The van der Waals surface area contributed by atoms with Gasteiger partial charge in [-0.1, -0.05) is 13.8 Å². The summed E-state index contributed by atoms with van der Waals surface area (Å²) in [5.41, 5.74) is 2.28. The monoisotopic (exact) mass is 259 g/mol. The zero-order valence-corrected chi connectivity index (χ0v) is 11.4. The zero-order valence-electron chi connectivity index (χ0n) is 11.4. The van der Waals surface area contributed by atoms with E-state index in [2.05, 4.69) is 10.4 Å². The lowest BCUT2D eigenvalue weighted by atomic mass is 10.1. The summed E-state index contributed by atoms with van der Waals surface area (Å²) >= 11 is 0. The van der Waals surface area contributed by atoms with Gasteiger partial charge in [0, 0.05) is 18.9 Å². The van der Waals surface area contributed by atoms with Crippen molar-refractivity contribution in [3.05, 3.63) is 29.5 Å². The average molecular weight is 259 g/mol. The van der Waals surface area contributed by atoms with Gasteiger partial charge in [0.15, 0.2) is 5.78 Å². The number of nitrogens with zero attached hydrogens (tertiary/aromatic N) is 2. The molecule has 0 bridgehead atoms. The summed E-state index contributed by atoms with van der Waals surface area (Å²) in [5.74, 6) is 0.487. The van der Waals surface area contributed by atoms with Gasteiger partial charge in [-0.25, -0.2) is 4.52 Å². The van der Waals surface area contributed by atoms with Crippen LogP contribution < -0.4 is 5.32 Å². The summed E-state index contributed by atoms with van der Waals surface area (Å²) in [5, 5.41) is 7.13. The van der Waals surface area contributed by atoms with E-state index >= 15 is 0 Å². The highest BCUT2D eigenvalue weighted by Gasteiger charge is 2.14.